The van der Waals surface area contributed by atoms with E-state index in [1.807, 2.05) is 19.1 Å². The normalized spacial score (nSPS) is 18.5. The van der Waals surface area contributed by atoms with Gasteiger partial charge in [-0.1, -0.05) is 59.1 Å². The van der Waals surface area contributed by atoms with Gasteiger partial charge in [-0.3, -0.25) is 9.59 Å². The van der Waals surface area contributed by atoms with Gasteiger partial charge < -0.3 is 14.7 Å². The van der Waals surface area contributed by atoms with Gasteiger partial charge >= 0.3 is 0 Å². The first kappa shape index (κ1) is 21.4. The van der Waals surface area contributed by atoms with Gasteiger partial charge in [0.05, 0.1) is 21.7 Å². The maximum atomic E-state index is 12.9. The van der Waals surface area contributed by atoms with Gasteiger partial charge in [0.15, 0.2) is 0 Å². The van der Waals surface area contributed by atoms with Crippen LogP contribution in [0.25, 0.3) is 5.76 Å². The highest BCUT2D eigenvalue weighted by Gasteiger charge is 2.45. The Morgan fingerprint density at radius 3 is 2.41 bits per heavy atom. The van der Waals surface area contributed by atoms with Gasteiger partial charge in [-0.2, -0.15) is 0 Å². The van der Waals surface area contributed by atoms with E-state index in [0.29, 0.717) is 40.7 Å². The number of methoxy groups -OCH3 is 1. The first-order valence-corrected chi connectivity index (χ1v) is 9.90. The van der Waals surface area contributed by atoms with Gasteiger partial charge in [-0.25, -0.2) is 0 Å². The van der Waals surface area contributed by atoms with Crippen molar-refractivity contribution in [3.05, 3.63) is 74.8 Å². The average Bonchev–Trinajstić information content (AvgIpc) is 2.95. The van der Waals surface area contributed by atoms with Crippen LogP contribution in [0.5, 0.6) is 0 Å². The number of aliphatic hydroxyl groups is 1. The topological polar surface area (TPSA) is 66.8 Å². The van der Waals surface area contributed by atoms with Crippen LogP contribution in [0, 0.1) is 6.92 Å². The first-order chi connectivity index (χ1) is 13.8. The number of ketones is 1. The van der Waals surface area contributed by atoms with Crippen molar-refractivity contribution in [2.24, 2.45) is 0 Å². The van der Waals surface area contributed by atoms with Crippen molar-refractivity contribution in [3.63, 3.8) is 0 Å². The minimum absolute atomic E-state index is 0.0367. The van der Waals surface area contributed by atoms with Crippen molar-refractivity contribution >= 4 is 40.7 Å². The Kier molecular flexibility index (Phi) is 6.63. The third-order valence-electron chi connectivity index (χ3n) is 4.87. The number of aliphatic hydroxyl groups excluding tert-OH is 1. The summed E-state index contributed by atoms with van der Waals surface area (Å²) in [6, 6.07) is 11.3. The van der Waals surface area contributed by atoms with Crippen LogP contribution in [-0.4, -0.2) is 42.0 Å². The summed E-state index contributed by atoms with van der Waals surface area (Å²) in [6.45, 7) is 2.66. The smallest absolute Gasteiger partial charge is 0.295 e. The Morgan fingerprint density at radius 1 is 1.10 bits per heavy atom. The molecule has 1 heterocycles. The summed E-state index contributed by atoms with van der Waals surface area (Å²) in [6.07, 6.45) is 0.548. The molecule has 7 heteroatoms. The molecular formula is C22H21Cl2NO4. The minimum Gasteiger partial charge on any atom is -0.507 e. The number of rotatable bonds is 6. The number of halogens is 2. The van der Waals surface area contributed by atoms with Gasteiger partial charge in [-0.15, -0.1) is 0 Å². The van der Waals surface area contributed by atoms with Crippen LogP contribution in [0.4, 0.5) is 0 Å². The van der Waals surface area contributed by atoms with Crippen LogP contribution >= 0.6 is 23.2 Å². The maximum Gasteiger partial charge on any atom is 0.295 e. The number of hydrogen-bond donors (Lipinski definition) is 1. The number of hydrogen-bond acceptors (Lipinski definition) is 4. The number of carbonyl (C=O) groups excluding carboxylic acids is 2. The van der Waals surface area contributed by atoms with Gasteiger partial charge in [0.25, 0.3) is 11.7 Å². The molecule has 1 aliphatic rings. The summed E-state index contributed by atoms with van der Waals surface area (Å²) in [7, 11) is 1.57. The second-order valence-corrected chi connectivity index (χ2v) is 7.69. The number of benzene rings is 2. The third kappa shape index (κ3) is 4.32. The van der Waals surface area contributed by atoms with Gasteiger partial charge in [0.1, 0.15) is 5.76 Å². The first-order valence-electron chi connectivity index (χ1n) is 9.14. The summed E-state index contributed by atoms with van der Waals surface area (Å²) in [5.74, 6) is -1.60. The number of nitrogens with zero attached hydrogens (tertiary/aromatic N) is 1. The third-order valence-corrected chi connectivity index (χ3v) is 5.61. The van der Waals surface area contributed by atoms with Crippen LogP contribution in [0.2, 0.25) is 10.0 Å². The quantitative estimate of drug-likeness (QED) is 0.308. The highest BCUT2D eigenvalue weighted by Crippen LogP contribution is 2.41. The van der Waals surface area contributed by atoms with Gasteiger partial charge in [0.2, 0.25) is 0 Å². The van der Waals surface area contributed by atoms with E-state index in [4.69, 9.17) is 27.9 Å². The zero-order valence-corrected chi connectivity index (χ0v) is 17.6. The molecule has 152 valence electrons. The molecule has 29 heavy (non-hydrogen) atoms. The number of Topliss-reactive ketones (excluding diaryl/α,β-unsaturated/α-hetero) is 1. The van der Waals surface area contributed by atoms with Crippen molar-refractivity contribution in [2.75, 3.05) is 20.3 Å². The molecule has 3 rings (SSSR count). The fourth-order valence-corrected chi connectivity index (χ4v) is 3.69. The molecule has 1 saturated heterocycles. The van der Waals surface area contributed by atoms with E-state index in [1.54, 1.807) is 37.4 Å². The number of aryl methyl sites for hydroxylation is 1. The number of ether oxygens (including phenoxy) is 1. The molecule has 0 aliphatic carbocycles. The van der Waals surface area contributed by atoms with E-state index in [0.717, 1.165) is 5.56 Å². The highest BCUT2D eigenvalue weighted by molar-refractivity contribution is 6.46. The Hall–Kier alpha value is -2.34. The largest absolute Gasteiger partial charge is 0.507 e. The maximum absolute atomic E-state index is 12.9. The summed E-state index contributed by atoms with van der Waals surface area (Å²) in [4.78, 5) is 27.1. The van der Waals surface area contributed by atoms with Crippen LogP contribution in [-0.2, 0) is 14.3 Å². The molecular weight excluding hydrogens is 413 g/mol. The number of amides is 1. The lowest BCUT2D eigenvalue weighted by atomic mass is 9.95. The molecule has 1 N–H and O–H groups in total. The predicted octanol–water partition coefficient (Wildman–Crippen LogP) is 4.76. The standard InChI is InChI=1S/C22H21Cl2NO4/c1-13-4-6-14(7-5-13)20(26)18-19(15-8-9-16(23)17(24)12-15)25(10-3-11-29-2)22(28)21(18)27/h4-9,12,19,26H,3,10-11H2,1-2H3. The van der Waals surface area contributed by atoms with Crippen molar-refractivity contribution in [1.82, 2.24) is 4.90 Å². The Balaban J connectivity index is 2.14. The fraction of sp³-hybridized carbons (Fsp3) is 0.273. The van der Waals surface area contributed by atoms with Gasteiger partial charge in [-0.05, 0) is 31.0 Å². The monoisotopic (exact) mass is 433 g/mol. The molecule has 0 saturated carbocycles. The lowest BCUT2D eigenvalue weighted by molar-refractivity contribution is -0.140. The van der Waals surface area contributed by atoms with Crippen molar-refractivity contribution < 1.29 is 19.4 Å². The summed E-state index contributed by atoms with van der Waals surface area (Å²) < 4.78 is 5.07. The molecule has 2 aromatic carbocycles. The van der Waals surface area contributed by atoms with Crippen molar-refractivity contribution in [3.8, 4) is 0 Å². The molecule has 0 spiro atoms. The van der Waals surface area contributed by atoms with Crippen LogP contribution < -0.4 is 0 Å². The van der Waals surface area contributed by atoms with E-state index >= 15 is 0 Å². The second kappa shape index (κ2) is 8.99. The molecule has 5 nitrogen and oxygen atoms in total. The molecule has 2 aromatic rings. The summed E-state index contributed by atoms with van der Waals surface area (Å²) in [5.41, 5.74) is 2.12. The van der Waals surface area contributed by atoms with Crippen LogP contribution in [0.15, 0.2) is 48.0 Å². The van der Waals surface area contributed by atoms with E-state index < -0.39 is 17.7 Å². The van der Waals surface area contributed by atoms with Crippen molar-refractivity contribution in [2.45, 2.75) is 19.4 Å². The SMILES string of the molecule is COCCCN1C(=O)C(=O)C(=C(O)c2ccc(C)cc2)C1c1ccc(Cl)c(Cl)c1. The zero-order chi connectivity index (χ0) is 21.1. The molecule has 0 radical (unpaired) electrons. The Bertz CT molecular complexity index is 969. The minimum atomic E-state index is -0.761. The summed E-state index contributed by atoms with van der Waals surface area (Å²) in [5, 5.41) is 11.6. The Morgan fingerprint density at radius 2 is 1.79 bits per heavy atom. The predicted molar refractivity (Wildman–Crippen MR) is 113 cm³/mol. The van der Waals surface area contributed by atoms with E-state index in [2.05, 4.69) is 0 Å². The molecule has 0 aromatic heterocycles. The van der Waals surface area contributed by atoms with Crippen LogP contribution in [0.3, 0.4) is 0 Å². The van der Waals surface area contributed by atoms with Crippen LogP contribution in [0.1, 0.15) is 29.2 Å². The Labute approximate surface area is 179 Å². The lowest BCUT2D eigenvalue weighted by Gasteiger charge is -2.25. The molecule has 1 amide bonds. The van der Waals surface area contributed by atoms with E-state index in [1.165, 1.54) is 4.90 Å². The zero-order valence-electron chi connectivity index (χ0n) is 16.1. The average molecular weight is 434 g/mol. The molecule has 1 aliphatic heterocycles. The van der Waals surface area contributed by atoms with E-state index in [9.17, 15) is 14.7 Å². The van der Waals surface area contributed by atoms with Crippen molar-refractivity contribution in [1.29, 1.82) is 0 Å². The summed E-state index contributed by atoms with van der Waals surface area (Å²) >= 11 is 12.2. The number of likely N-dealkylation sites (tertiary alicyclic amines) is 1. The molecule has 1 fully saturated rings. The number of carbonyl (C=O) groups is 2. The van der Waals surface area contributed by atoms with E-state index in [-0.39, 0.29) is 11.3 Å². The molecule has 1 atom stereocenters. The van der Waals surface area contributed by atoms with Gasteiger partial charge in [0, 0.05) is 25.8 Å². The molecule has 0 bridgehead atoms. The fourth-order valence-electron chi connectivity index (χ4n) is 3.39. The molecule has 1 unspecified atom stereocenters. The highest BCUT2D eigenvalue weighted by atomic mass is 35.5. The second-order valence-electron chi connectivity index (χ2n) is 6.88. The lowest BCUT2D eigenvalue weighted by Crippen LogP contribution is -2.31.